The van der Waals surface area contributed by atoms with Gasteiger partial charge < -0.3 is 14.6 Å². The van der Waals surface area contributed by atoms with E-state index in [1.165, 1.54) is 12.1 Å². The molecular formula is C22H24FN3O2. The summed E-state index contributed by atoms with van der Waals surface area (Å²) in [5.74, 6) is 0.410. The number of aromatic nitrogens is 1. The average Bonchev–Trinajstić information content (AvgIpc) is 3.02. The minimum atomic E-state index is -0.355. The second-order valence-corrected chi connectivity index (χ2v) is 6.87. The topological polar surface area (TPSA) is 58.4 Å². The Labute approximate surface area is 164 Å². The van der Waals surface area contributed by atoms with Crippen LogP contribution < -0.4 is 10.2 Å². The Morgan fingerprint density at radius 2 is 1.93 bits per heavy atom. The van der Waals surface area contributed by atoms with Crippen LogP contribution in [0.1, 0.15) is 17.0 Å². The number of carbonyl (C=O) groups is 1. The Bertz CT molecular complexity index is 949. The van der Waals surface area contributed by atoms with E-state index in [0.29, 0.717) is 29.5 Å². The Morgan fingerprint density at radius 1 is 1.18 bits per heavy atom. The first kappa shape index (κ1) is 19.6. The monoisotopic (exact) mass is 381 g/mol. The highest BCUT2D eigenvalue weighted by Crippen LogP contribution is 2.22. The number of carbonyl (C=O) groups excluding carboxylic acids is 1. The van der Waals surface area contributed by atoms with Crippen molar-refractivity contribution in [3.8, 4) is 11.5 Å². The van der Waals surface area contributed by atoms with E-state index >= 15 is 0 Å². The van der Waals surface area contributed by atoms with Crippen molar-refractivity contribution in [1.82, 2.24) is 10.3 Å². The molecular weight excluding hydrogens is 357 g/mol. The Morgan fingerprint density at radius 3 is 2.61 bits per heavy atom. The van der Waals surface area contributed by atoms with Crippen molar-refractivity contribution in [2.45, 2.75) is 19.8 Å². The highest BCUT2D eigenvalue weighted by atomic mass is 19.1. The highest BCUT2D eigenvalue weighted by molar-refractivity contribution is 5.78. The lowest BCUT2D eigenvalue weighted by molar-refractivity contribution is -0.120. The molecule has 0 aliphatic rings. The summed E-state index contributed by atoms with van der Waals surface area (Å²) in [6, 6.07) is 14.3. The van der Waals surface area contributed by atoms with Crippen LogP contribution in [0.4, 0.5) is 10.1 Å². The smallest absolute Gasteiger partial charge is 0.226 e. The van der Waals surface area contributed by atoms with E-state index in [2.05, 4.69) is 34.6 Å². The summed E-state index contributed by atoms with van der Waals surface area (Å²) < 4.78 is 19.0. The first-order valence-electron chi connectivity index (χ1n) is 9.17. The number of nitrogens with zero attached hydrogens (tertiary/aromatic N) is 2. The number of hydrogen-bond donors (Lipinski definition) is 1. The zero-order chi connectivity index (χ0) is 20.1. The van der Waals surface area contributed by atoms with Crippen LogP contribution >= 0.6 is 0 Å². The summed E-state index contributed by atoms with van der Waals surface area (Å²) in [5.41, 5.74) is 3.42. The zero-order valence-electron chi connectivity index (χ0n) is 16.3. The van der Waals surface area contributed by atoms with Crippen molar-refractivity contribution >= 4 is 11.6 Å². The highest BCUT2D eigenvalue weighted by Gasteiger charge is 2.15. The van der Waals surface area contributed by atoms with Gasteiger partial charge in [-0.25, -0.2) is 9.37 Å². The first-order valence-corrected chi connectivity index (χ1v) is 9.17. The van der Waals surface area contributed by atoms with Gasteiger partial charge in [-0.05, 0) is 49.2 Å². The maximum Gasteiger partial charge on any atom is 0.226 e. The molecule has 1 amide bonds. The molecule has 0 radical (unpaired) electrons. The Hall–Kier alpha value is -3.15. The van der Waals surface area contributed by atoms with Crippen LogP contribution in [0.5, 0.6) is 0 Å². The summed E-state index contributed by atoms with van der Waals surface area (Å²) in [4.78, 5) is 18.6. The molecule has 0 aliphatic heterocycles. The van der Waals surface area contributed by atoms with Crippen molar-refractivity contribution in [3.05, 3.63) is 71.4 Å². The van der Waals surface area contributed by atoms with E-state index in [1.807, 2.05) is 19.0 Å². The number of rotatable bonds is 7. The van der Waals surface area contributed by atoms with Crippen LogP contribution in [0.25, 0.3) is 11.5 Å². The minimum Gasteiger partial charge on any atom is -0.441 e. The van der Waals surface area contributed by atoms with Crippen LogP contribution in [-0.2, 0) is 17.6 Å². The molecule has 1 aromatic heterocycles. The Kier molecular flexibility index (Phi) is 6.09. The quantitative estimate of drug-likeness (QED) is 0.677. The van der Waals surface area contributed by atoms with E-state index in [4.69, 9.17) is 4.42 Å². The van der Waals surface area contributed by atoms with Crippen LogP contribution in [-0.4, -0.2) is 31.5 Å². The molecule has 0 unspecified atom stereocenters. The van der Waals surface area contributed by atoms with Crippen LogP contribution in [0.2, 0.25) is 0 Å². The third-order valence-corrected chi connectivity index (χ3v) is 4.48. The van der Waals surface area contributed by atoms with E-state index < -0.39 is 0 Å². The van der Waals surface area contributed by atoms with Crippen molar-refractivity contribution < 1.29 is 13.6 Å². The molecule has 0 saturated heterocycles. The minimum absolute atomic E-state index is 0.118. The molecule has 28 heavy (non-hydrogen) atoms. The third kappa shape index (κ3) is 4.97. The van der Waals surface area contributed by atoms with Crippen LogP contribution in [0.15, 0.2) is 52.9 Å². The molecule has 2 aromatic carbocycles. The lowest BCUT2D eigenvalue weighted by atomic mass is 10.1. The number of nitrogens with one attached hydrogen (secondary N) is 1. The number of hydrogen-bond acceptors (Lipinski definition) is 4. The van der Waals surface area contributed by atoms with E-state index in [1.54, 1.807) is 19.1 Å². The molecule has 146 valence electrons. The second kappa shape index (κ2) is 8.69. The molecule has 0 spiro atoms. The van der Waals surface area contributed by atoms with Gasteiger partial charge >= 0.3 is 0 Å². The third-order valence-electron chi connectivity index (χ3n) is 4.48. The molecule has 1 N–H and O–H groups in total. The number of halogens is 1. The zero-order valence-corrected chi connectivity index (χ0v) is 16.3. The van der Waals surface area contributed by atoms with Gasteiger partial charge in [0.2, 0.25) is 11.8 Å². The number of anilines is 1. The van der Waals surface area contributed by atoms with Crippen molar-refractivity contribution in [2.24, 2.45) is 0 Å². The number of benzene rings is 2. The molecule has 0 saturated carbocycles. The van der Waals surface area contributed by atoms with Crippen LogP contribution in [0, 0.1) is 12.7 Å². The number of amides is 1. The second-order valence-electron chi connectivity index (χ2n) is 6.87. The molecule has 3 rings (SSSR count). The SMILES string of the molecule is Cc1oc(-c2cccc(F)c2)nc1CC(=O)NCCc1ccc(N(C)C)cc1. The van der Waals surface area contributed by atoms with Gasteiger partial charge in [-0.3, -0.25) is 4.79 Å². The van der Waals surface area contributed by atoms with E-state index in [-0.39, 0.29) is 18.1 Å². The number of oxazole rings is 1. The van der Waals surface area contributed by atoms with Crippen molar-refractivity contribution in [2.75, 3.05) is 25.5 Å². The van der Waals surface area contributed by atoms with Gasteiger partial charge in [0.1, 0.15) is 11.6 Å². The molecule has 3 aromatic rings. The fourth-order valence-corrected chi connectivity index (χ4v) is 2.86. The molecule has 0 fully saturated rings. The van der Waals surface area contributed by atoms with Gasteiger partial charge in [-0.15, -0.1) is 0 Å². The first-order chi connectivity index (χ1) is 13.4. The lowest BCUT2D eigenvalue weighted by Crippen LogP contribution is -2.27. The normalized spacial score (nSPS) is 10.7. The van der Waals surface area contributed by atoms with Gasteiger partial charge in [0, 0.05) is 31.9 Å². The van der Waals surface area contributed by atoms with Crippen molar-refractivity contribution in [3.63, 3.8) is 0 Å². The Balaban J connectivity index is 1.53. The van der Waals surface area contributed by atoms with Gasteiger partial charge in [0.05, 0.1) is 12.1 Å². The molecule has 0 bridgehead atoms. The maximum atomic E-state index is 13.4. The lowest BCUT2D eigenvalue weighted by Gasteiger charge is -2.12. The fraction of sp³-hybridized carbons (Fsp3) is 0.273. The van der Waals surface area contributed by atoms with Crippen LogP contribution in [0.3, 0.4) is 0 Å². The summed E-state index contributed by atoms with van der Waals surface area (Å²) in [6.07, 6.45) is 0.885. The van der Waals surface area contributed by atoms with Gasteiger partial charge in [0.15, 0.2) is 0 Å². The maximum absolute atomic E-state index is 13.4. The largest absolute Gasteiger partial charge is 0.441 e. The van der Waals surface area contributed by atoms with Crippen molar-refractivity contribution in [1.29, 1.82) is 0 Å². The summed E-state index contributed by atoms with van der Waals surface area (Å²) in [5, 5.41) is 2.91. The van der Waals surface area contributed by atoms with Gasteiger partial charge in [0.25, 0.3) is 0 Å². The molecule has 1 heterocycles. The molecule has 6 heteroatoms. The molecule has 0 atom stereocenters. The summed E-state index contributed by atoms with van der Waals surface area (Å²) in [7, 11) is 4.00. The van der Waals surface area contributed by atoms with E-state index in [0.717, 1.165) is 17.7 Å². The standard InChI is InChI=1S/C22H24FN3O2/c1-15-20(25-22(28-15)17-5-4-6-18(23)13-17)14-21(27)24-12-11-16-7-9-19(10-8-16)26(2)3/h4-10,13H,11-12,14H2,1-3H3,(H,24,27). The fourth-order valence-electron chi connectivity index (χ4n) is 2.86. The van der Waals surface area contributed by atoms with Gasteiger partial charge in [-0.2, -0.15) is 0 Å². The average molecular weight is 381 g/mol. The predicted octanol–water partition coefficient (Wildman–Crippen LogP) is 3.76. The molecule has 5 nitrogen and oxygen atoms in total. The predicted molar refractivity (Wildman–Crippen MR) is 108 cm³/mol. The summed E-state index contributed by atoms with van der Waals surface area (Å²) >= 11 is 0. The van der Waals surface area contributed by atoms with Gasteiger partial charge in [-0.1, -0.05) is 18.2 Å². The summed E-state index contributed by atoms with van der Waals surface area (Å²) in [6.45, 7) is 2.30. The molecule has 0 aliphatic carbocycles. The van der Waals surface area contributed by atoms with E-state index in [9.17, 15) is 9.18 Å². The number of aryl methyl sites for hydroxylation is 1.